The van der Waals surface area contributed by atoms with E-state index in [-0.39, 0.29) is 0 Å². The standard InChI is InChI=1S/C14H24N6/c1-5-12(6-2)19-8-7-11(17-19)9-20-13(10(3)4)14(15)16-18-20/h7-8,10,12H,5-6,9,15H2,1-4H3. The van der Waals surface area contributed by atoms with Gasteiger partial charge in [-0.15, -0.1) is 5.10 Å². The van der Waals surface area contributed by atoms with Gasteiger partial charge in [0.15, 0.2) is 5.82 Å². The second-order valence-corrected chi connectivity index (χ2v) is 5.43. The molecule has 0 saturated carbocycles. The van der Waals surface area contributed by atoms with Crippen molar-refractivity contribution in [2.75, 3.05) is 5.73 Å². The Labute approximate surface area is 120 Å². The molecule has 0 saturated heterocycles. The zero-order valence-electron chi connectivity index (χ0n) is 12.7. The van der Waals surface area contributed by atoms with Gasteiger partial charge in [0.05, 0.1) is 24.0 Å². The average molecular weight is 276 g/mol. The molecule has 0 aliphatic carbocycles. The number of nitrogens with zero attached hydrogens (tertiary/aromatic N) is 5. The van der Waals surface area contributed by atoms with Crippen LogP contribution in [0.5, 0.6) is 0 Å². The van der Waals surface area contributed by atoms with Crippen LogP contribution >= 0.6 is 0 Å². The maximum atomic E-state index is 5.87. The first-order valence-corrected chi connectivity index (χ1v) is 7.29. The summed E-state index contributed by atoms with van der Waals surface area (Å²) in [5, 5.41) is 12.7. The maximum absolute atomic E-state index is 5.87. The fraction of sp³-hybridized carbons (Fsp3) is 0.643. The van der Waals surface area contributed by atoms with Crippen LogP contribution in [0.3, 0.4) is 0 Å². The van der Waals surface area contributed by atoms with Gasteiger partial charge >= 0.3 is 0 Å². The summed E-state index contributed by atoms with van der Waals surface area (Å²) in [5.41, 5.74) is 7.84. The van der Waals surface area contributed by atoms with Gasteiger partial charge in [0, 0.05) is 6.20 Å². The van der Waals surface area contributed by atoms with Crippen molar-refractivity contribution in [3.63, 3.8) is 0 Å². The van der Waals surface area contributed by atoms with Crippen LogP contribution in [-0.2, 0) is 6.54 Å². The molecule has 0 aliphatic rings. The van der Waals surface area contributed by atoms with E-state index in [1.165, 1.54) is 0 Å². The number of hydrogen-bond acceptors (Lipinski definition) is 4. The molecule has 2 aromatic rings. The zero-order valence-corrected chi connectivity index (χ0v) is 12.7. The van der Waals surface area contributed by atoms with Gasteiger partial charge in [0.2, 0.25) is 0 Å². The zero-order chi connectivity index (χ0) is 14.7. The fourth-order valence-electron chi connectivity index (χ4n) is 2.53. The summed E-state index contributed by atoms with van der Waals surface area (Å²) in [6.07, 6.45) is 4.22. The smallest absolute Gasteiger partial charge is 0.169 e. The van der Waals surface area contributed by atoms with Gasteiger partial charge < -0.3 is 5.73 Å². The molecule has 2 heterocycles. The minimum absolute atomic E-state index is 0.297. The van der Waals surface area contributed by atoms with Crippen LogP contribution < -0.4 is 5.73 Å². The lowest BCUT2D eigenvalue weighted by Gasteiger charge is -2.12. The van der Waals surface area contributed by atoms with Gasteiger partial charge in [-0.2, -0.15) is 5.10 Å². The Hall–Kier alpha value is -1.85. The van der Waals surface area contributed by atoms with Crippen molar-refractivity contribution in [3.8, 4) is 0 Å². The van der Waals surface area contributed by atoms with Gasteiger partial charge in [-0.3, -0.25) is 4.68 Å². The van der Waals surface area contributed by atoms with Crippen LogP contribution in [0.4, 0.5) is 5.82 Å². The summed E-state index contributed by atoms with van der Waals surface area (Å²) in [7, 11) is 0. The number of hydrogen-bond donors (Lipinski definition) is 1. The van der Waals surface area contributed by atoms with E-state index in [0.29, 0.717) is 24.3 Å². The molecule has 0 atom stereocenters. The van der Waals surface area contributed by atoms with E-state index in [1.54, 1.807) is 0 Å². The largest absolute Gasteiger partial charge is 0.381 e. The molecule has 20 heavy (non-hydrogen) atoms. The van der Waals surface area contributed by atoms with E-state index in [1.807, 2.05) is 21.6 Å². The molecule has 0 aromatic carbocycles. The molecule has 0 aliphatic heterocycles. The minimum Gasteiger partial charge on any atom is -0.381 e. The summed E-state index contributed by atoms with van der Waals surface area (Å²) < 4.78 is 3.89. The molecule has 2 aromatic heterocycles. The summed E-state index contributed by atoms with van der Waals surface area (Å²) in [4.78, 5) is 0. The van der Waals surface area contributed by atoms with Crippen molar-refractivity contribution in [2.45, 2.75) is 59.0 Å². The molecular weight excluding hydrogens is 252 g/mol. The Balaban J connectivity index is 2.19. The van der Waals surface area contributed by atoms with Gasteiger partial charge in [-0.25, -0.2) is 4.68 Å². The Kier molecular flexibility index (Phi) is 4.42. The van der Waals surface area contributed by atoms with E-state index in [4.69, 9.17) is 5.73 Å². The highest BCUT2D eigenvalue weighted by molar-refractivity contribution is 5.35. The lowest BCUT2D eigenvalue weighted by molar-refractivity contribution is 0.423. The van der Waals surface area contributed by atoms with E-state index in [9.17, 15) is 0 Å². The molecule has 0 fully saturated rings. The molecule has 2 N–H and O–H groups in total. The third kappa shape index (κ3) is 2.84. The molecule has 110 valence electrons. The Bertz CT molecular complexity index is 550. The lowest BCUT2D eigenvalue weighted by Crippen LogP contribution is -2.11. The van der Waals surface area contributed by atoms with Crippen LogP contribution in [0, 0.1) is 0 Å². The fourth-order valence-corrected chi connectivity index (χ4v) is 2.53. The summed E-state index contributed by atoms with van der Waals surface area (Å²) in [6, 6.07) is 2.51. The third-order valence-corrected chi connectivity index (χ3v) is 3.64. The third-order valence-electron chi connectivity index (χ3n) is 3.64. The molecule has 0 amide bonds. The maximum Gasteiger partial charge on any atom is 0.169 e. The molecule has 0 radical (unpaired) electrons. The predicted molar refractivity (Wildman–Crippen MR) is 79.5 cm³/mol. The normalized spacial score (nSPS) is 11.7. The SMILES string of the molecule is CCC(CC)n1ccc(Cn2nnc(N)c2C(C)C)n1. The van der Waals surface area contributed by atoms with E-state index >= 15 is 0 Å². The van der Waals surface area contributed by atoms with Gasteiger partial charge in [0.25, 0.3) is 0 Å². The number of anilines is 1. The monoisotopic (exact) mass is 276 g/mol. The van der Waals surface area contributed by atoms with Crippen LogP contribution in [0.1, 0.15) is 63.9 Å². The molecule has 0 spiro atoms. The van der Waals surface area contributed by atoms with Crippen molar-refractivity contribution in [1.82, 2.24) is 24.8 Å². The molecule has 0 unspecified atom stereocenters. The quantitative estimate of drug-likeness (QED) is 0.880. The Morgan fingerprint density at radius 1 is 1.25 bits per heavy atom. The average Bonchev–Trinajstić information content (AvgIpc) is 2.99. The number of nitrogen functional groups attached to an aromatic ring is 1. The topological polar surface area (TPSA) is 74.5 Å². The van der Waals surface area contributed by atoms with Crippen LogP contribution in [0.15, 0.2) is 12.3 Å². The highest BCUT2D eigenvalue weighted by Gasteiger charge is 2.15. The van der Waals surface area contributed by atoms with Crippen molar-refractivity contribution in [2.24, 2.45) is 0 Å². The van der Waals surface area contributed by atoms with Crippen molar-refractivity contribution in [1.29, 1.82) is 0 Å². The van der Waals surface area contributed by atoms with Gasteiger partial charge in [0.1, 0.15) is 0 Å². The Morgan fingerprint density at radius 2 is 1.95 bits per heavy atom. The molecular formula is C14H24N6. The van der Waals surface area contributed by atoms with Crippen molar-refractivity contribution >= 4 is 5.82 Å². The second-order valence-electron chi connectivity index (χ2n) is 5.43. The van der Waals surface area contributed by atoms with Crippen LogP contribution in [-0.4, -0.2) is 24.8 Å². The van der Waals surface area contributed by atoms with Crippen molar-refractivity contribution in [3.05, 3.63) is 23.7 Å². The Morgan fingerprint density at radius 3 is 2.55 bits per heavy atom. The first kappa shape index (κ1) is 14.6. The number of nitrogens with two attached hydrogens (primary N) is 1. The predicted octanol–water partition coefficient (Wildman–Crippen LogP) is 2.59. The second kappa shape index (κ2) is 6.07. The summed E-state index contributed by atoms with van der Waals surface area (Å²) in [5.74, 6) is 0.811. The highest BCUT2D eigenvalue weighted by Crippen LogP contribution is 2.20. The summed E-state index contributed by atoms with van der Waals surface area (Å²) >= 11 is 0. The highest BCUT2D eigenvalue weighted by atomic mass is 15.4. The first-order valence-electron chi connectivity index (χ1n) is 7.29. The van der Waals surface area contributed by atoms with Crippen molar-refractivity contribution < 1.29 is 0 Å². The van der Waals surface area contributed by atoms with Gasteiger partial charge in [-0.05, 0) is 24.8 Å². The molecule has 0 bridgehead atoms. The number of aromatic nitrogens is 5. The minimum atomic E-state index is 0.297. The van der Waals surface area contributed by atoms with Crippen LogP contribution in [0.2, 0.25) is 0 Å². The first-order chi connectivity index (χ1) is 9.56. The molecule has 6 nitrogen and oxygen atoms in total. The van der Waals surface area contributed by atoms with Crippen LogP contribution in [0.25, 0.3) is 0 Å². The number of rotatable bonds is 6. The lowest BCUT2D eigenvalue weighted by atomic mass is 10.1. The molecule has 6 heteroatoms. The molecule has 2 rings (SSSR count). The summed E-state index contributed by atoms with van der Waals surface area (Å²) in [6.45, 7) is 9.17. The van der Waals surface area contributed by atoms with Gasteiger partial charge in [-0.1, -0.05) is 32.9 Å². The van der Waals surface area contributed by atoms with E-state index in [0.717, 1.165) is 24.2 Å². The van der Waals surface area contributed by atoms with E-state index < -0.39 is 0 Å². The van der Waals surface area contributed by atoms with E-state index in [2.05, 4.69) is 43.1 Å².